The van der Waals surface area contributed by atoms with Crippen molar-refractivity contribution in [2.45, 2.75) is 19.6 Å². The van der Waals surface area contributed by atoms with Crippen LogP contribution in [0.25, 0.3) is 0 Å². The lowest BCUT2D eigenvalue weighted by atomic mass is 10.2. The Hall–Kier alpha value is -1.35. The summed E-state index contributed by atoms with van der Waals surface area (Å²) in [6, 6.07) is 9.38. The summed E-state index contributed by atoms with van der Waals surface area (Å²) in [6.07, 6.45) is 0. The van der Waals surface area contributed by atoms with Crippen LogP contribution in [0.3, 0.4) is 0 Å². The van der Waals surface area contributed by atoms with Crippen molar-refractivity contribution in [2.75, 3.05) is 7.05 Å². The fraction of sp³-hybridized carbons (Fsp3) is 0.364. The molecule has 1 rings (SSSR count). The van der Waals surface area contributed by atoms with E-state index in [1.807, 2.05) is 30.3 Å². The summed E-state index contributed by atoms with van der Waals surface area (Å²) in [5.74, 6) is -0.226. The molecule has 0 heterocycles. The van der Waals surface area contributed by atoms with Gasteiger partial charge in [0.2, 0.25) is 0 Å². The van der Waals surface area contributed by atoms with Crippen molar-refractivity contribution in [3.8, 4) is 0 Å². The Bertz CT molecular complexity index is 285. The van der Waals surface area contributed by atoms with Gasteiger partial charge in [-0.15, -0.1) is 0 Å². The number of esters is 1. The molecule has 0 saturated heterocycles. The van der Waals surface area contributed by atoms with Gasteiger partial charge in [-0.1, -0.05) is 30.3 Å². The maximum absolute atomic E-state index is 11.3. The van der Waals surface area contributed by atoms with E-state index in [1.165, 1.54) is 0 Å². The predicted molar refractivity (Wildman–Crippen MR) is 54.8 cm³/mol. The second-order valence-corrected chi connectivity index (χ2v) is 3.10. The van der Waals surface area contributed by atoms with E-state index < -0.39 is 0 Å². The minimum Gasteiger partial charge on any atom is -0.460 e. The predicted octanol–water partition coefficient (Wildman–Crippen LogP) is 1.34. The largest absolute Gasteiger partial charge is 0.460 e. The average Bonchev–Trinajstić information content (AvgIpc) is 2.26. The number of likely N-dealkylation sites (N-methyl/N-ethyl adjacent to an activating group) is 1. The van der Waals surface area contributed by atoms with E-state index in [2.05, 4.69) is 5.32 Å². The lowest BCUT2D eigenvalue weighted by Crippen LogP contribution is -2.32. The van der Waals surface area contributed by atoms with Crippen LogP contribution < -0.4 is 5.32 Å². The first kappa shape index (κ1) is 10.7. The minimum atomic E-state index is -0.251. The van der Waals surface area contributed by atoms with Gasteiger partial charge in [0.05, 0.1) is 0 Å². The molecular weight excluding hydrogens is 178 g/mol. The van der Waals surface area contributed by atoms with E-state index >= 15 is 0 Å². The van der Waals surface area contributed by atoms with Gasteiger partial charge >= 0.3 is 5.97 Å². The number of hydrogen-bond donors (Lipinski definition) is 1. The second kappa shape index (κ2) is 5.40. The van der Waals surface area contributed by atoms with Crippen LogP contribution in [0.5, 0.6) is 0 Å². The van der Waals surface area contributed by atoms with Crippen LogP contribution in [0.15, 0.2) is 30.3 Å². The fourth-order valence-corrected chi connectivity index (χ4v) is 0.972. The van der Waals surface area contributed by atoms with E-state index in [1.54, 1.807) is 14.0 Å². The van der Waals surface area contributed by atoms with E-state index in [0.29, 0.717) is 6.61 Å². The summed E-state index contributed by atoms with van der Waals surface area (Å²) in [4.78, 5) is 11.3. The Kier molecular flexibility index (Phi) is 4.13. The van der Waals surface area contributed by atoms with Gasteiger partial charge in [-0.25, -0.2) is 0 Å². The molecule has 0 aromatic heterocycles. The van der Waals surface area contributed by atoms with Crippen LogP contribution in [0.4, 0.5) is 0 Å². The van der Waals surface area contributed by atoms with Gasteiger partial charge in [0.15, 0.2) is 0 Å². The van der Waals surface area contributed by atoms with Gasteiger partial charge in [0.25, 0.3) is 0 Å². The third-order valence-electron chi connectivity index (χ3n) is 2.01. The number of carbonyl (C=O) groups excluding carboxylic acids is 1. The van der Waals surface area contributed by atoms with Crippen LogP contribution in [0, 0.1) is 0 Å². The zero-order valence-electron chi connectivity index (χ0n) is 8.49. The highest BCUT2D eigenvalue weighted by Gasteiger charge is 2.10. The van der Waals surface area contributed by atoms with Crippen LogP contribution in [-0.4, -0.2) is 19.1 Å². The molecular formula is C11H15NO2. The molecule has 14 heavy (non-hydrogen) atoms. The molecule has 0 spiro atoms. The van der Waals surface area contributed by atoms with E-state index in [0.717, 1.165) is 5.56 Å². The van der Waals surface area contributed by atoms with Crippen LogP contribution in [-0.2, 0) is 16.1 Å². The Balaban J connectivity index is 2.38. The van der Waals surface area contributed by atoms with Gasteiger partial charge in [0, 0.05) is 0 Å². The van der Waals surface area contributed by atoms with E-state index in [-0.39, 0.29) is 12.0 Å². The summed E-state index contributed by atoms with van der Waals surface area (Å²) < 4.78 is 5.08. The maximum Gasteiger partial charge on any atom is 0.323 e. The maximum atomic E-state index is 11.3. The molecule has 3 nitrogen and oxygen atoms in total. The van der Waals surface area contributed by atoms with Crippen molar-refractivity contribution in [2.24, 2.45) is 0 Å². The Labute approximate surface area is 84.1 Å². The van der Waals surface area contributed by atoms with E-state index in [9.17, 15) is 4.79 Å². The SMILES string of the molecule is CNC(C)C(=O)OCc1ccccc1. The first-order valence-electron chi connectivity index (χ1n) is 4.62. The van der Waals surface area contributed by atoms with Crippen molar-refractivity contribution in [3.63, 3.8) is 0 Å². The van der Waals surface area contributed by atoms with Gasteiger partial charge in [-0.05, 0) is 19.5 Å². The monoisotopic (exact) mass is 193 g/mol. The Morgan fingerprint density at radius 3 is 2.64 bits per heavy atom. The number of ether oxygens (including phenoxy) is 1. The van der Waals surface area contributed by atoms with Crippen molar-refractivity contribution in [1.82, 2.24) is 5.32 Å². The molecule has 0 radical (unpaired) electrons. The molecule has 76 valence electrons. The number of rotatable bonds is 4. The average molecular weight is 193 g/mol. The number of benzene rings is 1. The number of hydrogen-bond acceptors (Lipinski definition) is 3. The van der Waals surface area contributed by atoms with Gasteiger partial charge < -0.3 is 10.1 Å². The molecule has 0 aliphatic heterocycles. The molecule has 0 aliphatic carbocycles. The van der Waals surface area contributed by atoms with Crippen LogP contribution in [0.1, 0.15) is 12.5 Å². The zero-order valence-corrected chi connectivity index (χ0v) is 8.49. The molecule has 1 aromatic carbocycles. The van der Waals surface area contributed by atoms with Gasteiger partial charge in [0.1, 0.15) is 12.6 Å². The molecule has 3 heteroatoms. The molecule has 1 N–H and O–H groups in total. The Morgan fingerprint density at radius 1 is 1.43 bits per heavy atom. The van der Waals surface area contributed by atoms with E-state index in [4.69, 9.17) is 4.74 Å². The second-order valence-electron chi connectivity index (χ2n) is 3.10. The van der Waals surface area contributed by atoms with Crippen LogP contribution >= 0.6 is 0 Å². The lowest BCUT2D eigenvalue weighted by molar-refractivity contribution is -0.146. The molecule has 0 saturated carbocycles. The molecule has 0 fully saturated rings. The van der Waals surface area contributed by atoms with Crippen molar-refractivity contribution in [3.05, 3.63) is 35.9 Å². The lowest BCUT2D eigenvalue weighted by Gasteiger charge is -2.09. The third-order valence-corrected chi connectivity index (χ3v) is 2.01. The van der Waals surface area contributed by atoms with Crippen molar-refractivity contribution < 1.29 is 9.53 Å². The van der Waals surface area contributed by atoms with Crippen molar-refractivity contribution >= 4 is 5.97 Å². The summed E-state index contributed by atoms with van der Waals surface area (Å²) in [5.41, 5.74) is 1.00. The standard InChI is InChI=1S/C11H15NO2/c1-9(12-2)11(13)14-8-10-6-4-3-5-7-10/h3-7,9,12H,8H2,1-2H3. The fourth-order valence-electron chi connectivity index (χ4n) is 0.972. The summed E-state index contributed by atoms with van der Waals surface area (Å²) in [6.45, 7) is 2.11. The van der Waals surface area contributed by atoms with Crippen LogP contribution in [0.2, 0.25) is 0 Å². The summed E-state index contributed by atoms with van der Waals surface area (Å²) >= 11 is 0. The molecule has 0 amide bonds. The number of carbonyl (C=O) groups is 1. The summed E-state index contributed by atoms with van der Waals surface area (Å²) in [7, 11) is 1.73. The normalized spacial score (nSPS) is 12.1. The third kappa shape index (κ3) is 3.18. The minimum absolute atomic E-state index is 0.226. The van der Waals surface area contributed by atoms with Gasteiger partial charge in [-0.3, -0.25) is 4.79 Å². The molecule has 0 aliphatic rings. The van der Waals surface area contributed by atoms with Gasteiger partial charge in [-0.2, -0.15) is 0 Å². The zero-order chi connectivity index (χ0) is 10.4. The Morgan fingerprint density at radius 2 is 2.07 bits per heavy atom. The topological polar surface area (TPSA) is 38.3 Å². The van der Waals surface area contributed by atoms with Crippen molar-refractivity contribution in [1.29, 1.82) is 0 Å². The number of nitrogens with one attached hydrogen (secondary N) is 1. The first-order chi connectivity index (χ1) is 6.74. The smallest absolute Gasteiger partial charge is 0.323 e. The molecule has 0 bridgehead atoms. The first-order valence-corrected chi connectivity index (χ1v) is 4.62. The highest BCUT2D eigenvalue weighted by Crippen LogP contribution is 2.01. The highest BCUT2D eigenvalue weighted by atomic mass is 16.5. The quantitative estimate of drug-likeness (QED) is 0.733. The molecule has 1 atom stereocenters. The molecule has 1 aromatic rings. The summed E-state index contributed by atoms with van der Waals surface area (Å²) in [5, 5.41) is 2.83. The highest BCUT2D eigenvalue weighted by molar-refractivity contribution is 5.75. The molecule has 1 unspecified atom stereocenters.